The molecule has 0 aliphatic heterocycles. The zero-order valence-corrected chi connectivity index (χ0v) is 36.0. The summed E-state index contributed by atoms with van der Waals surface area (Å²) < 4.78 is 9.76. The minimum Gasteiger partial charge on any atom is -0.455 e. The minimum absolute atomic E-state index is 0.0387. The van der Waals surface area contributed by atoms with E-state index in [9.17, 15) is 10.1 Å². The summed E-state index contributed by atoms with van der Waals surface area (Å²) in [5.74, 6) is 0.0129. The van der Waals surface area contributed by atoms with Gasteiger partial charge in [-0.05, 0) is 109 Å². The Hall–Kier alpha value is -7.22. The summed E-state index contributed by atoms with van der Waals surface area (Å²) in [6, 6.07) is 49.3. The van der Waals surface area contributed by atoms with E-state index in [4.69, 9.17) is 4.42 Å². The van der Waals surface area contributed by atoms with Crippen LogP contribution in [0.2, 0.25) is 0 Å². The van der Waals surface area contributed by atoms with Gasteiger partial charge in [0.25, 0.3) is 0 Å². The van der Waals surface area contributed by atoms with Crippen molar-refractivity contribution >= 4 is 76.6 Å². The molecule has 0 unspecified atom stereocenters. The molecule has 3 heterocycles. The molecule has 1 spiro atoms. The summed E-state index contributed by atoms with van der Waals surface area (Å²) in [5, 5.41) is 20.4. The van der Waals surface area contributed by atoms with Gasteiger partial charge in [-0.15, -0.1) is 0 Å². The molecular formula is C60H42N2O2. The van der Waals surface area contributed by atoms with E-state index < -0.39 is 0 Å². The van der Waals surface area contributed by atoms with Gasteiger partial charge in [0, 0.05) is 55.3 Å². The van der Waals surface area contributed by atoms with Crippen molar-refractivity contribution in [1.82, 2.24) is 4.40 Å². The second-order valence-electron chi connectivity index (χ2n) is 20.4. The number of nitrogens with zero attached hydrogens (tertiary/aromatic N) is 2. The fourth-order valence-electron chi connectivity index (χ4n) is 14.0. The summed E-state index contributed by atoms with van der Waals surface area (Å²) in [6.45, 7) is 6.86. The highest BCUT2D eigenvalue weighted by molar-refractivity contribution is 6.35. The highest BCUT2D eigenvalue weighted by Gasteiger charge is 2.47. The second kappa shape index (κ2) is 11.7. The van der Waals surface area contributed by atoms with Crippen molar-refractivity contribution in [1.29, 1.82) is 5.26 Å². The van der Waals surface area contributed by atoms with Gasteiger partial charge < -0.3 is 8.82 Å². The number of benzene rings is 8. The van der Waals surface area contributed by atoms with Crippen molar-refractivity contribution in [3.8, 4) is 6.07 Å². The SMILES string of the molecule is CC(C)(C)c1ccc2c3cc4c5c6c(c(C#N)cc5n5c7cc8c(cc7c(c3oc3cccc1c32)c45)C1(CCCCC1)c1ccccc1C8=O)C1c2ccccc2C6c2ccccc21. The zero-order chi connectivity index (χ0) is 42.5. The van der Waals surface area contributed by atoms with Gasteiger partial charge in [0.2, 0.25) is 0 Å². The lowest BCUT2D eigenvalue weighted by Crippen LogP contribution is -2.37. The number of hydrogen-bond donors (Lipinski definition) is 0. The highest BCUT2D eigenvalue weighted by atomic mass is 16.3. The Morgan fingerprint density at radius 2 is 1.31 bits per heavy atom. The number of hydrogen-bond acceptors (Lipinski definition) is 3. The van der Waals surface area contributed by atoms with E-state index in [1.807, 2.05) is 12.1 Å². The molecule has 304 valence electrons. The molecule has 16 rings (SSSR count). The molecule has 0 amide bonds. The van der Waals surface area contributed by atoms with Crippen LogP contribution in [0.5, 0.6) is 0 Å². The molecule has 0 atom stereocenters. The minimum atomic E-state index is -0.240. The molecule has 8 aromatic carbocycles. The van der Waals surface area contributed by atoms with Crippen LogP contribution in [0, 0.1) is 11.3 Å². The predicted octanol–water partition coefficient (Wildman–Crippen LogP) is 14.8. The molecule has 0 radical (unpaired) electrons. The lowest BCUT2D eigenvalue weighted by Gasteiger charge is -2.43. The maximum absolute atomic E-state index is 15.0. The predicted molar refractivity (Wildman–Crippen MR) is 258 cm³/mol. The number of fused-ring (bicyclic) bond motifs is 13. The topological polar surface area (TPSA) is 58.4 Å². The molecular weight excluding hydrogens is 781 g/mol. The molecule has 0 saturated heterocycles. The van der Waals surface area contributed by atoms with Crippen molar-refractivity contribution in [3.05, 3.63) is 194 Å². The number of aromatic nitrogens is 1. The number of ketones is 1. The summed E-state index contributed by atoms with van der Waals surface area (Å²) in [4.78, 5) is 15.0. The Bertz CT molecular complexity index is 3980. The summed E-state index contributed by atoms with van der Waals surface area (Å²) >= 11 is 0. The van der Waals surface area contributed by atoms with Crippen LogP contribution in [0.15, 0.2) is 132 Å². The van der Waals surface area contributed by atoms with Crippen LogP contribution in [0.25, 0.3) is 70.8 Å². The van der Waals surface area contributed by atoms with Gasteiger partial charge in [-0.25, -0.2) is 0 Å². The standard InChI is InChI=1S/C60H42N2O2/c1-59(2,3)43-23-22-36-39-27-42-53-47(26-31(30-61)49-51-32-14-5-7-16-34(32)52(55(49)53)35-17-8-6-15-33(35)51)62-46-29-40-45(60(24-11-4-12-25-60)44-20-10-9-18-38(44)57(40)63)28-41(46)54(56(42)62)58(39)64-48-21-13-19-37(43)50(36)48/h5-10,13-23,26-29,51-52H,4,11-12,24-25H2,1-3H3. The Kier molecular flexibility index (Phi) is 6.43. The number of nitriles is 1. The first kappa shape index (κ1) is 35.3. The maximum Gasteiger partial charge on any atom is 0.193 e. The third kappa shape index (κ3) is 4.01. The molecule has 2 bridgehead atoms. The lowest BCUT2D eigenvalue weighted by atomic mass is 9.59. The van der Waals surface area contributed by atoms with E-state index >= 15 is 0 Å². The third-order valence-corrected chi connectivity index (χ3v) is 16.4. The fraction of sp³-hybridized carbons (Fsp3) is 0.200. The van der Waals surface area contributed by atoms with Crippen LogP contribution < -0.4 is 0 Å². The largest absolute Gasteiger partial charge is 0.455 e. The van der Waals surface area contributed by atoms with Crippen LogP contribution in [-0.4, -0.2) is 10.2 Å². The van der Waals surface area contributed by atoms with E-state index in [1.54, 1.807) is 0 Å². The van der Waals surface area contributed by atoms with Crippen LogP contribution in [0.1, 0.15) is 136 Å². The first-order valence-corrected chi connectivity index (χ1v) is 23.1. The monoisotopic (exact) mass is 822 g/mol. The summed E-state index contributed by atoms with van der Waals surface area (Å²) in [5.41, 5.74) is 18.1. The number of carbonyl (C=O) groups excluding carboxylic acids is 1. The molecule has 11 aromatic rings. The van der Waals surface area contributed by atoms with Gasteiger partial charge in [-0.1, -0.05) is 137 Å². The van der Waals surface area contributed by atoms with E-state index in [2.05, 4.69) is 147 Å². The van der Waals surface area contributed by atoms with E-state index in [-0.39, 0.29) is 28.4 Å². The van der Waals surface area contributed by atoms with Crippen molar-refractivity contribution in [2.45, 2.75) is 75.5 Å². The fourth-order valence-corrected chi connectivity index (χ4v) is 14.0. The summed E-state index contributed by atoms with van der Waals surface area (Å²) in [7, 11) is 0. The van der Waals surface area contributed by atoms with Gasteiger partial charge in [-0.2, -0.15) is 5.26 Å². The Balaban J connectivity index is 1.18. The number of carbonyl (C=O) groups is 1. The average Bonchev–Trinajstić information content (AvgIpc) is 3.84. The van der Waals surface area contributed by atoms with Gasteiger partial charge in [0.1, 0.15) is 11.2 Å². The normalized spacial score (nSPS) is 18.4. The van der Waals surface area contributed by atoms with Crippen molar-refractivity contribution in [2.75, 3.05) is 0 Å². The third-order valence-electron chi connectivity index (χ3n) is 16.4. The van der Waals surface area contributed by atoms with Crippen LogP contribution >= 0.6 is 0 Å². The maximum atomic E-state index is 15.0. The van der Waals surface area contributed by atoms with Crippen LogP contribution in [-0.2, 0) is 10.8 Å². The van der Waals surface area contributed by atoms with Crippen molar-refractivity contribution in [3.63, 3.8) is 0 Å². The average molecular weight is 823 g/mol. The summed E-state index contributed by atoms with van der Waals surface area (Å²) in [6.07, 6.45) is 5.51. The van der Waals surface area contributed by atoms with Crippen molar-refractivity contribution < 1.29 is 9.21 Å². The molecule has 3 aromatic heterocycles. The first-order valence-electron chi connectivity index (χ1n) is 23.1. The van der Waals surface area contributed by atoms with Gasteiger partial charge in [0.05, 0.1) is 33.6 Å². The molecule has 5 aliphatic rings. The van der Waals surface area contributed by atoms with Gasteiger partial charge in [-0.3, -0.25) is 4.79 Å². The molecule has 1 fully saturated rings. The Morgan fingerprint density at radius 1 is 0.609 bits per heavy atom. The first-order chi connectivity index (χ1) is 31.3. The Morgan fingerprint density at radius 3 is 2.03 bits per heavy atom. The lowest BCUT2D eigenvalue weighted by molar-refractivity contribution is 0.102. The molecule has 5 aliphatic carbocycles. The van der Waals surface area contributed by atoms with Crippen LogP contribution in [0.3, 0.4) is 0 Å². The highest BCUT2D eigenvalue weighted by Crippen LogP contribution is 2.61. The van der Waals surface area contributed by atoms with Gasteiger partial charge in [0.15, 0.2) is 5.78 Å². The van der Waals surface area contributed by atoms with Gasteiger partial charge >= 0.3 is 0 Å². The Labute approximate surface area is 369 Å². The molecule has 1 saturated carbocycles. The second-order valence-corrected chi connectivity index (χ2v) is 20.4. The zero-order valence-electron chi connectivity index (χ0n) is 36.0. The van der Waals surface area contributed by atoms with E-state index in [1.165, 1.54) is 66.9 Å². The number of rotatable bonds is 0. The van der Waals surface area contributed by atoms with E-state index in [0.29, 0.717) is 5.56 Å². The molecule has 4 nitrogen and oxygen atoms in total. The smallest absolute Gasteiger partial charge is 0.193 e. The molecule has 64 heavy (non-hydrogen) atoms. The van der Waals surface area contributed by atoms with Crippen molar-refractivity contribution in [2.24, 2.45) is 0 Å². The van der Waals surface area contributed by atoms with Crippen LogP contribution in [0.4, 0.5) is 0 Å². The molecule has 0 N–H and O–H groups in total. The quantitative estimate of drug-likeness (QED) is 0.113. The molecule has 4 heteroatoms. The van der Waals surface area contributed by atoms with E-state index in [0.717, 1.165) is 97.2 Å².